The number of rotatable bonds is 4. The van der Waals surface area contributed by atoms with E-state index in [1.165, 1.54) is 33.8 Å². The maximum absolute atomic E-state index is 14.2. The van der Waals surface area contributed by atoms with Gasteiger partial charge < -0.3 is 19.7 Å². The molecule has 0 saturated carbocycles. The molecule has 1 atom stereocenters. The first-order valence-electron chi connectivity index (χ1n) is 13.3. The zero-order valence-electron chi connectivity index (χ0n) is 21.8. The van der Waals surface area contributed by atoms with Gasteiger partial charge in [0.25, 0.3) is 0 Å². The van der Waals surface area contributed by atoms with Crippen LogP contribution in [0.4, 0.5) is 16.2 Å². The Morgan fingerprint density at radius 2 is 1.78 bits per heavy atom. The summed E-state index contributed by atoms with van der Waals surface area (Å²) in [5.41, 5.74) is 8.24. The largest absolute Gasteiger partial charge is 0.378 e. The summed E-state index contributed by atoms with van der Waals surface area (Å²) in [4.78, 5) is 19.8. The van der Waals surface area contributed by atoms with Gasteiger partial charge in [-0.25, -0.2) is 4.79 Å². The standard InChI is InChI=1S/C31H34N4OS/c1-4-21-10-5-7-12-26(21)32-31(36)35-20-25-24-11-6-8-14-28(24)37-30(25)34-19-9-13-27(34)29(35)22-15-17-23(18-16-22)33(2)3/h5,7,9-10,12-13,15-19,29H,4,6,8,11,14,20H2,1-3H3,(H,32,36)/t29-/m1/s1. The van der Waals surface area contributed by atoms with Crippen LogP contribution >= 0.6 is 11.3 Å². The van der Waals surface area contributed by atoms with E-state index in [0.29, 0.717) is 6.54 Å². The van der Waals surface area contributed by atoms with Crippen LogP contribution in [-0.4, -0.2) is 29.6 Å². The Kier molecular flexibility index (Phi) is 6.29. The molecule has 2 aliphatic rings. The summed E-state index contributed by atoms with van der Waals surface area (Å²) in [6.07, 6.45) is 7.77. The van der Waals surface area contributed by atoms with Crippen LogP contribution in [0.5, 0.6) is 0 Å². The second kappa shape index (κ2) is 9.75. The number of amides is 2. The number of urea groups is 1. The highest BCUT2D eigenvalue weighted by Gasteiger charge is 2.36. The molecule has 1 aliphatic carbocycles. The number of para-hydroxylation sites is 1. The van der Waals surface area contributed by atoms with Crippen molar-refractivity contribution < 1.29 is 4.79 Å². The third kappa shape index (κ3) is 4.23. The summed E-state index contributed by atoms with van der Waals surface area (Å²) < 4.78 is 2.34. The minimum atomic E-state index is -0.196. The molecule has 0 fully saturated rings. The molecule has 37 heavy (non-hydrogen) atoms. The summed E-state index contributed by atoms with van der Waals surface area (Å²) in [5.74, 6) is 0. The molecule has 3 heterocycles. The van der Waals surface area contributed by atoms with E-state index in [1.807, 2.05) is 29.5 Å². The minimum absolute atomic E-state index is 0.0565. The van der Waals surface area contributed by atoms with E-state index in [2.05, 4.69) is 89.4 Å². The van der Waals surface area contributed by atoms with Crippen molar-refractivity contribution in [3.63, 3.8) is 0 Å². The van der Waals surface area contributed by atoms with Crippen molar-refractivity contribution in [2.45, 2.75) is 51.6 Å². The van der Waals surface area contributed by atoms with E-state index < -0.39 is 0 Å². The van der Waals surface area contributed by atoms with Gasteiger partial charge in [-0.3, -0.25) is 0 Å². The maximum Gasteiger partial charge on any atom is 0.322 e. The van der Waals surface area contributed by atoms with Crippen LogP contribution in [0.3, 0.4) is 0 Å². The van der Waals surface area contributed by atoms with Crippen LogP contribution in [0.25, 0.3) is 5.00 Å². The fourth-order valence-corrected chi connectivity index (χ4v) is 7.23. The third-order valence-corrected chi connectivity index (χ3v) is 9.14. The Labute approximate surface area is 223 Å². The Morgan fingerprint density at radius 1 is 1.00 bits per heavy atom. The van der Waals surface area contributed by atoms with E-state index in [9.17, 15) is 4.79 Å². The van der Waals surface area contributed by atoms with Crippen molar-refractivity contribution in [3.8, 4) is 5.00 Å². The smallest absolute Gasteiger partial charge is 0.322 e. The van der Waals surface area contributed by atoms with Crippen LogP contribution in [0, 0.1) is 0 Å². The Bertz CT molecular complexity index is 1430. The van der Waals surface area contributed by atoms with Gasteiger partial charge in [0, 0.05) is 42.1 Å². The summed E-state index contributed by atoms with van der Waals surface area (Å²) >= 11 is 1.92. The number of nitrogens with one attached hydrogen (secondary N) is 1. The lowest BCUT2D eigenvalue weighted by Crippen LogP contribution is -2.38. The fourth-order valence-electron chi connectivity index (χ4n) is 5.83. The minimum Gasteiger partial charge on any atom is -0.378 e. The zero-order chi connectivity index (χ0) is 25.5. The van der Waals surface area contributed by atoms with Crippen LogP contribution in [0.15, 0.2) is 66.9 Å². The van der Waals surface area contributed by atoms with Gasteiger partial charge >= 0.3 is 6.03 Å². The summed E-state index contributed by atoms with van der Waals surface area (Å²) in [6.45, 7) is 2.73. The van der Waals surface area contributed by atoms with Crippen molar-refractivity contribution in [1.82, 2.24) is 9.47 Å². The number of carbonyl (C=O) groups is 1. The molecule has 4 aromatic rings. The van der Waals surface area contributed by atoms with Gasteiger partial charge in [-0.1, -0.05) is 37.3 Å². The summed E-state index contributed by atoms with van der Waals surface area (Å²) in [5, 5.41) is 4.57. The molecule has 1 N–H and O–H groups in total. The topological polar surface area (TPSA) is 40.5 Å². The normalized spacial score (nSPS) is 16.4. The van der Waals surface area contributed by atoms with Gasteiger partial charge in [0.15, 0.2) is 0 Å². The monoisotopic (exact) mass is 510 g/mol. The van der Waals surface area contributed by atoms with Crippen LogP contribution in [0.2, 0.25) is 0 Å². The zero-order valence-corrected chi connectivity index (χ0v) is 22.6. The SMILES string of the molecule is CCc1ccccc1NC(=O)N1Cc2c(sc3c2CCCC3)-n2cccc2[C@H]1c1ccc(N(C)C)cc1. The number of hydrogen-bond acceptors (Lipinski definition) is 3. The lowest BCUT2D eigenvalue weighted by atomic mass is 9.95. The highest BCUT2D eigenvalue weighted by molar-refractivity contribution is 7.15. The quantitative estimate of drug-likeness (QED) is 0.316. The number of hydrogen-bond donors (Lipinski definition) is 1. The molecular weight excluding hydrogens is 476 g/mol. The number of nitrogens with zero attached hydrogens (tertiary/aromatic N) is 3. The lowest BCUT2D eigenvalue weighted by molar-refractivity contribution is 0.194. The van der Waals surface area contributed by atoms with Gasteiger partial charge in [-0.2, -0.15) is 0 Å². The predicted molar refractivity (Wildman–Crippen MR) is 153 cm³/mol. The van der Waals surface area contributed by atoms with E-state index in [1.54, 1.807) is 0 Å². The molecule has 2 amide bonds. The second-order valence-corrected chi connectivity index (χ2v) is 11.3. The molecule has 5 nitrogen and oxygen atoms in total. The highest BCUT2D eigenvalue weighted by Crippen LogP contribution is 2.44. The molecule has 6 heteroatoms. The second-order valence-electron chi connectivity index (χ2n) is 10.3. The highest BCUT2D eigenvalue weighted by atomic mass is 32.1. The predicted octanol–water partition coefficient (Wildman–Crippen LogP) is 7.18. The van der Waals surface area contributed by atoms with Gasteiger partial charge in [-0.05, 0) is 79.1 Å². The fraction of sp³-hybridized carbons (Fsp3) is 0.323. The van der Waals surface area contributed by atoms with E-state index in [4.69, 9.17) is 0 Å². The molecule has 2 aromatic heterocycles. The number of carbonyl (C=O) groups excluding carboxylic acids is 1. The number of anilines is 2. The van der Waals surface area contributed by atoms with Crippen LogP contribution < -0.4 is 10.2 Å². The number of fused-ring (bicyclic) bond motifs is 5. The average Bonchev–Trinajstić information content (AvgIpc) is 3.51. The van der Waals surface area contributed by atoms with Crippen molar-refractivity contribution in [2.24, 2.45) is 0 Å². The van der Waals surface area contributed by atoms with Crippen molar-refractivity contribution >= 4 is 28.7 Å². The summed E-state index contributed by atoms with van der Waals surface area (Å²) in [7, 11) is 4.11. The van der Waals surface area contributed by atoms with Gasteiger partial charge in [-0.15, -0.1) is 11.3 Å². The van der Waals surface area contributed by atoms with Gasteiger partial charge in [0.05, 0.1) is 18.3 Å². The number of aryl methyl sites for hydroxylation is 2. The molecule has 0 spiro atoms. The maximum atomic E-state index is 14.2. The molecule has 190 valence electrons. The molecule has 1 aliphatic heterocycles. The molecule has 0 saturated heterocycles. The van der Waals surface area contributed by atoms with Crippen molar-refractivity contribution in [2.75, 3.05) is 24.3 Å². The van der Waals surface area contributed by atoms with E-state index >= 15 is 0 Å². The summed E-state index contributed by atoms with van der Waals surface area (Å²) in [6, 6.07) is 20.8. The molecular formula is C31H34N4OS. The molecule has 6 rings (SSSR count). The van der Waals surface area contributed by atoms with Crippen molar-refractivity contribution in [1.29, 1.82) is 0 Å². The van der Waals surface area contributed by atoms with Gasteiger partial charge in [0.2, 0.25) is 0 Å². The molecule has 0 unspecified atom stereocenters. The third-order valence-electron chi connectivity index (χ3n) is 7.80. The molecule has 0 radical (unpaired) electrons. The number of thiophene rings is 1. The first-order valence-corrected chi connectivity index (χ1v) is 14.1. The Morgan fingerprint density at radius 3 is 2.57 bits per heavy atom. The first kappa shape index (κ1) is 23.9. The number of aromatic nitrogens is 1. The van der Waals surface area contributed by atoms with Crippen molar-refractivity contribution in [3.05, 3.63) is 99.7 Å². The average molecular weight is 511 g/mol. The Balaban J connectivity index is 1.48. The molecule has 2 aromatic carbocycles. The first-order chi connectivity index (χ1) is 18.0. The van der Waals surface area contributed by atoms with E-state index in [0.717, 1.165) is 47.5 Å². The lowest BCUT2D eigenvalue weighted by Gasteiger charge is -2.32. The Hall–Kier alpha value is -3.51. The van der Waals surface area contributed by atoms with Crippen LogP contribution in [0.1, 0.15) is 58.6 Å². The van der Waals surface area contributed by atoms with Crippen LogP contribution in [-0.2, 0) is 25.8 Å². The van der Waals surface area contributed by atoms with E-state index in [-0.39, 0.29) is 12.1 Å². The van der Waals surface area contributed by atoms with Gasteiger partial charge in [0.1, 0.15) is 5.00 Å². The number of benzene rings is 2. The molecule has 0 bridgehead atoms.